The second-order valence-corrected chi connectivity index (χ2v) is 10.9. The second-order valence-electron chi connectivity index (χ2n) is 9.00. The van der Waals surface area contributed by atoms with Crippen molar-refractivity contribution < 1.29 is 0 Å². The van der Waals surface area contributed by atoms with E-state index in [0.717, 1.165) is 35.2 Å². The van der Waals surface area contributed by atoms with Gasteiger partial charge in [-0.1, -0.05) is 71.1 Å². The molecule has 0 saturated heterocycles. The van der Waals surface area contributed by atoms with Crippen LogP contribution in [-0.4, -0.2) is 30.0 Å². The Morgan fingerprint density at radius 1 is 0.500 bits per heavy atom. The molecule has 4 aromatic heterocycles. The van der Waals surface area contributed by atoms with Gasteiger partial charge in [0.05, 0.1) is 24.1 Å². The van der Waals surface area contributed by atoms with E-state index in [1.54, 1.807) is 22.7 Å². The molecule has 38 heavy (non-hydrogen) atoms. The van der Waals surface area contributed by atoms with Gasteiger partial charge in [0.1, 0.15) is 11.0 Å². The van der Waals surface area contributed by atoms with Crippen LogP contribution in [-0.2, 0) is 13.1 Å². The molecule has 0 fully saturated rings. The van der Waals surface area contributed by atoms with Crippen LogP contribution in [0.5, 0.6) is 0 Å². The van der Waals surface area contributed by atoms with E-state index >= 15 is 0 Å². The number of thiophene rings is 2. The molecule has 0 aliphatic rings. The lowest BCUT2D eigenvalue weighted by molar-refractivity contribution is 0.671. The molecule has 0 N–H and O–H groups in total. The summed E-state index contributed by atoms with van der Waals surface area (Å²) < 4.78 is 6.53. The van der Waals surface area contributed by atoms with Crippen LogP contribution in [0.2, 0.25) is 0 Å². The highest BCUT2D eigenvalue weighted by atomic mass is 32.1. The first-order chi connectivity index (χ1) is 18.8. The van der Waals surface area contributed by atoms with Gasteiger partial charge in [-0.3, -0.25) is 0 Å². The van der Waals surface area contributed by atoms with Gasteiger partial charge in [0, 0.05) is 20.2 Å². The van der Waals surface area contributed by atoms with Crippen LogP contribution in [0, 0.1) is 0 Å². The molecule has 0 aliphatic carbocycles. The number of aromatic nitrogens is 6. The zero-order valence-corrected chi connectivity index (χ0v) is 21.9. The topological polar surface area (TPSA) is 61.4 Å². The van der Waals surface area contributed by atoms with Gasteiger partial charge < -0.3 is 0 Å². The lowest BCUT2D eigenvalue weighted by Crippen LogP contribution is -2.01. The number of hydrogen-bond donors (Lipinski definition) is 0. The third kappa shape index (κ3) is 4.23. The highest BCUT2D eigenvalue weighted by Crippen LogP contribution is 2.29. The predicted octanol–water partition coefficient (Wildman–Crippen LogP) is 7.39. The number of rotatable bonds is 4. The van der Waals surface area contributed by atoms with Gasteiger partial charge >= 0.3 is 0 Å². The molecule has 0 amide bonds. The monoisotopic (exact) mass is 530 g/mol. The van der Waals surface area contributed by atoms with Crippen LogP contribution >= 0.6 is 22.7 Å². The molecule has 8 aromatic rings. The predicted molar refractivity (Wildman–Crippen MR) is 157 cm³/mol. The minimum absolute atomic E-state index is 0.756. The maximum Gasteiger partial charge on any atom is 0.113 e. The highest BCUT2D eigenvalue weighted by molar-refractivity contribution is 7.17. The van der Waals surface area contributed by atoms with Crippen molar-refractivity contribution >= 4 is 64.9 Å². The van der Waals surface area contributed by atoms with E-state index in [1.807, 2.05) is 33.6 Å². The van der Waals surface area contributed by atoms with Crippen molar-refractivity contribution in [2.75, 3.05) is 0 Å². The maximum absolute atomic E-state index is 4.29. The normalized spacial score (nSPS) is 11.4. The van der Waals surface area contributed by atoms with Crippen molar-refractivity contribution in [1.82, 2.24) is 30.0 Å². The van der Waals surface area contributed by atoms with Gasteiger partial charge in [-0.15, -0.1) is 32.9 Å². The number of benzene rings is 4. The molecule has 4 heterocycles. The van der Waals surface area contributed by atoms with Gasteiger partial charge in [-0.25, -0.2) is 9.36 Å². The quantitative estimate of drug-likeness (QED) is 0.238. The Labute approximate surface area is 226 Å². The lowest BCUT2D eigenvalue weighted by atomic mass is 10.2. The summed E-state index contributed by atoms with van der Waals surface area (Å²) in [6, 6.07) is 33.3. The average molecular weight is 531 g/mol. The van der Waals surface area contributed by atoms with Crippen molar-refractivity contribution in [3.8, 4) is 0 Å². The maximum atomic E-state index is 4.29. The molecule has 184 valence electrons. The first kappa shape index (κ1) is 22.8. The zero-order valence-electron chi connectivity index (χ0n) is 20.3. The fourth-order valence-corrected chi connectivity index (χ4v) is 6.34. The Kier molecular flexibility index (Phi) is 5.88. The first-order valence-electron chi connectivity index (χ1n) is 12.3. The lowest BCUT2D eigenvalue weighted by Gasteiger charge is -2.03. The number of fused-ring (bicyclic) bond motifs is 6. The van der Waals surface area contributed by atoms with Crippen molar-refractivity contribution in [1.29, 1.82) is 0 Å². The number of nitrogens with zero attached hydrogens (tertiary/aromatic N) is 6. The van der Waals surface area contributed by atoms with E-state index < -0.39 is 0 Å². The summed E-state index contributed by atoms with van der Waals surface area (Å²) in [6.45, 7) is 1.51. The standard InChI is InChI=1S/2C15H11N3S/c2*1-2-4-11(5-3-1)10-18-15-12-8-9-19-14(12)7-6-13(15)16-17-18/h2*1-9H,10H2. The summed E-state index contributed by atoms with van der Waals surface area (Å²) in [4.78, 5) is 0. The van der Waals surface area contributed by atoms with Crippen LogP contribution in [0.3, 0.4) is 0 Å². The van der Waals surface area contributed by atoms with Crippen molar-refractivity contribution in [2.45, 2.75) is 13.1 Å². The summed E-state index contributed by atoms with van der Waals surface area (Å²) in [7, 11) is 0. The molecule has 8 heteroatoms. The highest BCUT2D eigenvalue weighted by Gasteiger charge is 2.11. The minimum atomic E-state index is 0.756. The third-order valence-electron chi connectivity index (χ3n) is 6.56. The molecule has 4 aromatic carbocycles. The largest absolute Gasteiger partial charge is 0.240 e. The summed E-state index contributed by atoms with van der Waals surface area (Å²) in [5.41, 5.74) is 6.65. The third-order valence-corrected chi connectivity index (χ3v) is 8.32. The first-order valence-corrected chi connectivity index (χ1v) is 14.1. The van der Waals surface area contributed by atoms with E-state index in [2.05, 4.69) is 104 Å². The van der Waals surface area contributed by atoms with E-state index in [0.29, 0.717) is 0 Å². The molecule has 0 saturated carbocycles. The fraction of sp³-hybridized carbons (Fsp3) is 0.0667. The summed E-state index contributed by atoms with van der Waals surface area (Å²) in [6.07, 6.45) is 0. The molecule has 0 radical (unpaired) electrons. The Morgan fingerprint density at radius 2 is 0.947 bits per heavy atom. The van der Waals surface area contributed by atoms with Gasteiger partial charge in [0.15, 0.2) is 0 Å². The zero-order chi connectivity index (χ0) is 25.3. The van der Waals surface area contributed by atoms with E-state index in [9.17, 15) is 0 Å². The van der Waals surface area contributed by atoms with Crippen molar-refractivity contribution in [2.24, 2.45) is 0 Å². The van der Waals surface area contributed by atoms with Crippen LogP contribution < -0.4 is 0 Å². The van der Waals surface area contributed by atoms with E-state index in [-0.39, 0.29) is 0 Å². The fourth-order valence-electron chi connectivity index (χ4n) is 4.77. The SMILES string of the molecule is c1ccc(Cn2nnc3ccc4sccc4c32)cc1.c1ccc(Cn2nnc3ccc4sccc4c32)cc1. The molecule has 0 spiro atoms. The van der Waals surface area contributed by atoms with Crippen LogP contribution in [0.25, 0.3) is 42.2 Å². The smallest absolute Gasteiger partial charge is 0.113 e. The molecule has 6 nitrogen and oxygen atoms in total. The second kappa shape index (κ2) is 9.81. The summed E-state index contributed by atoms with van der Waals surface area (Å²) in [5.74, 6) is 0. The molecular weight excluding hydrogens is 509 g/mol. The molecule has 8 rings (SSSR count). The minimum Gasteiger partial charge on any atom is -0.240 e. The summed E-state index contributed by atoms with van der Waals surface area (Å²) >= 11 is 3.50. The van der Waals surface area contributed by atoms with Crippen LogP contribution in [0.4, 0.5) is 0 Å². The Balaban J connectivity index is 0.000000127. The Morgan fingerprint density at radius 3 is 1.39 bits per heavy atom. The van der Waals surface area contributed by atoms with Crippen molar-refractivity contribution in [3.05, 3.63) is 119 Å². The summed E-state index contributed by atoms with van der Waals surface area (Å²) in [5, 5.41) is 23.8. The van der Waals surface area contributed by atoms with E-state index in [1.165, 1.54) is 31.3 Å². The van der Waals surface area contributed by atoms with Crippen LogP contribution in [0.1, 0.15) is 11.1 Å². The Hall–Kier alpha value is -4.40. The molecule has 0 aliphatic heterocycles. The van der Waals surface area contributed by atoms with Gasteiger partial charge in [0.2, 0.25) is 0 Å². The van der Waals surface area contributed by atoms with Crippen molar-refractivity contribution in [3.63, 3.8) is 0 Å². The molecule has 0 bridgehead atoms. The average Bonchev–Trinajstić information content (AvgIpc) is 3.76. The van der Waals surface area contributed by atoms with Crippen LogP contribution in [0.15, 0.2) is 108 Å². The van der Waals surface area contributed by atoms with Gasteiger partial charge in [-0.2, -0.15) is 0 Å². The number of hydrogen-bond acceptors (Lipinski definition) is 6. The van der Waals surface area contributed by atoms with Gasteiger partial charge in [0.25, 0.3) is 0 Å². The van der Waals surface area contributed by atoms with E-state index in [4.69, 9.17) is 0 Å². The molecule has 0 unspecified atom stereocenters. The molecular formula is C30H22N6S2. The Bertz CT molecular complexity index is 1840. The van der Waals surface area contributed by atoms with Gasteiger partial charge in [-0.05, 0) is 58.3 Å². The molecule has 0 atom stereocenters.